The van der Waals surface area contributed by atoms with Crippen LogP contribution in [-0.4, -0.2) is 9.97 Å². The van der Waals surface area contributed by atoms with Crippen LogP contribution in [0.1, 0.15) is 28.8 Å². The molecule has 12 aromatic rings. The van der Waals surface area contributed by atoms with Gasteiger partial charge in [0, 0.05) is 44.8 Å². The van der Waals surface area contributed by atoms with Gasteiger partial charge in [0.05, 0.1) is 45.5 Å². The molecule has 274 valence electrons. The third-order valence-corrected chi connectivity index (χ3v) is 10.5. The molecule has 3 heterocycles. The van der Waals surface area contributed by atoms with Gasteiger partial charge in [0.15, 0.2) is 0 Å². The number of nitrogens with zero attached hydrogens (tertiary/aromatic N) is 2. The monoisotopic (exact) mass is 771 g/mol. The number of rotatable bonds is 5. The lowest BCUT2D eigenvalue weighted by Crippen LogP contribution is -1.93. The van der Waals surface area contributed by atoms with Crippen molar-refractivity contribution in [1.82, 2.24) is 9.97 Å². The summed E-state index contributed by atoms with van der Waals surface area (Å²) in [5.74, 6) is -1.30. The molecule has 0 atom stereocenters. The van der Waals surface area contributed by atoms with Crippen LogP contribution >= 0.6 is 0 Å². The van der Waals surface area contributed by atoms with Gasteiger partial charge >= 0.3 is 0 Å². The first-order valence-electron chi connectivity index (χ1n) is 28.9. The van der Waals surface area contributed by atoms with E-state index in [0.29, 0.717) is 33.1 Å². The van der Waals surface area contributed by atoms with Crippen molar-refractivity contribution in [3.05, 3.63) is 206 Å². The van der Waals surface area contributed by atoms with Gasteiger partial charge in [-0.2, -0.15) is 0 Å². The number of hydrogen-bond donors (Lipinski definition) is 0. The average molecular weight is 772 g/mol. The number of benzene rings is 9. The van der Waals surface area contributed by atoms with Gasteiger partial charge < -0.3 is 4.42 Å². The largest absolute Gasteiger partial charge is 0.455 e. The molecule has 3 aromatic heterocycles. The SMILES string of the molecule is [2H]c1c([2H])c([2H])c2c(-c3oc(-c4c([2H])c([2H])c([2H])c5c([2H])c([2H])c([2H])c([2H])c45)c(-c4c([2H])c([2H])c([2H])c5c([2H])c([2H])c([2H])c([2H])c45)c3-c3ccc(-c4ccc5ccc6cccnc6c5n4)c4ccccc34)c([2H])c([2H])c([2H])c2c1[2H]. The Bertz CT molecular complexity index is 4840. The molecule has 0 aliphatic rings. The second-order valence-corrected chi connectivity index (χ2v) is 13.6. The number of pyridine rings is 2. The van der Waals surface area contributed by atoms with E-state index < -0.39 is 193 Å². The average Bonchev–Trinajstić information content (AvgIpc) is 3.93. The quantitative estimate of drug-likeness (QED) is 0.164. The standard InChI is InChI=1S/C56H34N2O/c1-4-20-40-35(13-1)16-9-25-46(40)51-52(56(49-27-11-18-37-15-3-6-22-42(37)49)59-55(51)48-26-10-17-36-14-2-5-21-41(36)48)47-32-31-45(43-23-7-8-24-44(43)47)50-33-30-39-29-28-38-19-12-34-57-53(38)54(39)58-50/h1-34H/i1D,2D,3D,4D,5D,6D,9D,10D,11D,13D,14D,15D,16D,17D,18D,20D,21D,22D,25D,26D,27D. The molecule has 0 aliphatic carbocycles. The molecule has 3 heteroatoms. The van der Waals surface area contributed by atoms with Gasteiger partial charge in [-0.15, -0.1) is 0 Å². The molecule has 0 saturated carbocycles. The minimum Gasteiger partial charge on any atom is -0.455 e. The lowest BCUT2D eigenvalue weighted by Gasteiger charge is -2.16. The van der Waals surface area contributed by atoms with Gasteiger partial charge in [-0.1, -0.05) is 188 Å². The lowest BCUT2D eigenvalue weighted by molar-refractivity contribution is 0.600. The zero-order chi connectivity index (χ0) is 57.1. The van der Waals surface area contributed by atoms with Gasteiger partial charge in [0.2, 0.25) is 0 Å². The summed E-state index contributed by atoms with van der Waals surface area (Å²) in [5, 5.41) is -0.859. The summed E-state index contributed by atoms with van der Waals surface area (Å²) in [6.07, 6.45) is 1.65. The number of hydrogen-bond acceptors (Lipinski definition) is 3. The van der Waals surface area contributed by atoms with Gasteiger partial charge in [-0.25, -0.2) is 4.98 Å². The van der Waals surface area contributed by atoms with E-state index in [0.717, 1.165) is 10.8 Å². The molecular formula is C56H34N2O. The molecule has 0 N–H and O–H groups in total. The van der Waals surface area contributed by atoms with Crippen molar-refractivity contribution in [3.63, 3.8) is 0 Å². The van der Waals surface area contributed by atoms with E-state index >= 15 is 0 Å². The fourth-order valence-electron chi connectivity index (χ4n) is 7.86. The van der Waals surface area contributed by atoms with E-state index in [2.05, 4.69) is 4.98 Å². The zero-order valence-corrected chi connectivity index (χ0v) is 30.3. The second-order valence-electron chi connectivity index (χ2n) is 13.6. The van der Waals surface area contributed by atoms with Gasteiger partial charge in [0.1, 0.15) is 11.5 Å². The summed E-state index contributed by atoms with van der Waals surface area (Å²) in [6.45, 7) is 0. The molecule has 0 amide bonds. The van der Waals surface area contributed by atoms with Crippen LogP contribution < -0.4 is 0 Å². The summed E-state index contributed by atoms with van der Waals surface area (Å²) >= 11 is 0. The molecule has 9 aromatic carbocycles. The van der Waals surface area contributed by atoms with Crippen LogP contribution in [0.5, 0.6) is 0 Å². The number of fused-ring (bicyclic) bond motifs is 7. The summed E-state index contributed by atoms with van der Waals surface area (Å²) in [5.41, 5.74) is -0.295. The third kappa shape index (κ3) is 5.29. The molecule has 0 radical (unpaired) electrons. The van der Waals surface area contributed by atoms with Gasteiger partial charge in [-0.05, 0) is 66.3 Å². The predicted octanol–water partition coefficient (Wildman–Crippen LogP) is 15.3. The van der Waals surface area contributed by atoms with Crippen molar-refractivity contribution in [2.75, 3.05) is 0 Å². The summed E-state index contributed by atoms with van der Waals surface area (Å²) < 4.78 is 199. The van der Waals surface area contributed by atoms with Crippen LogP contribution in [0.2, 0.25) is 0 Å². The highest BCUT2D eigenvalue weighted by molar-refractivity contribution is 6.16. The first-order valence-corrected chi connectivity index (χ1v) is 18.4. The van der Waals surface area contributed by atoms with Gasteiger partial charge in [-0.3, -0.25) is 4.98 Å². The fourth-order valence-corrected chi connectivity index (χ4v) is 7.86. The molecule has 12 rings (SSSR count). The Labute approximate surface area is 370 Å². The molecule has 3 nitrogen and oxygen atoms in total. The fraction of sp³-hybridized carbons (Fsp3) is 0. The first kappa shape index (κ1) is 18.6. The van der Waals surface area contributed by atoms with Crippen LogP contribution in [0.25, 0.3) is 121 Å². The lowest BCUT2D eigenvalue weighted by atomic mass is 9.85. The van der Waals surface area contributed by atoms with E-state index in [1.165, 1.54) is 0 Å². The molecule has 0 spiro atoms. The number of aromatic nitrogens is 2. The Morgan fingerprint density at radius 1 is 0.356 bits per heavy atom. The first-order chi connectivity index (χ1) is 38.0. The third-order valence-electron chi connectivity index (χ3n) is 10.5. The Morgan fingerprint density at radius 3 is 1.49 bits per heavy atom. The van der Waals surface area contributed by atoms with Crippen LogP contribution in [-0.2, 0) is 0 Å². The minimum atomic E-state index is -0.897. The molecule has 0 unspecified atom stereocenters. The zero-order valence-electron chi connectivity index (χ0n) is 51.3. The normalized spacial score (nSPS) is 16.7. The maximum Gasteiger partial charge on any atom is 0.143 e. The molecule has 0 saturated heterocycles. The topological polar surface area (TPSA) is 38.9 Å². The van der Waals surface area contributed by atoms with Crippen molar-refractivity contribution >= 4 is 64.9 Å². The van der Waals surface area contributed by atoms with Crippen molar-refractivity contribution < 1.29 is 33.2 Å². The van der Waals surface area contributed by atoms with E-state index in [1.54, 1.807) is 54.7 Å². The Hall–Kier alpha value is -7.88. The van der Waals surface area contributed by atoms with Crippen LogP contribution in [0.3, 0.4) is 0 Å². The molecular weight excluding hydrogens is 717 g/mol. The Kier molecular flexibility index (Phi) is 4.21. The van der Waals surface area contributed by atoms with Crippen LogP contribution in [0, 0.1) is 0 Å². The summed E-state index contributed by atoms with van der Waals surface area (Å²) in [6, 6.07) is 3.97. The van der Waals surface area contributed by atoms with E-state index in [4.69, 9.17) is 25.9 Å². The molecule has 59 heavy (non-hydrogen) atoms. The predicted molar refractivity (Wildman–Crippen MR) is 247 cm³/mol. The maximum atomic E-state index is 9.85. The highest BCUT2D eigenvalue weighted by Crippen LogP contribution is 2.53. The van der Waals surface area contributed by atoms with Crippen molar-refractivity contribution in [1.29, 1.82) is 0 Å². The van der Waals surface area contributed by atoms with Gasteiger partial charge in [0.25, 0.3) is 0 Å². The molecule has 0 fully saturated rings. The summed E-state index contributed by atoms with van der Waals surface area (Å²) in [4.78, 5) is 9.73. The highest BCUT2D eigenvalue weighted by atomic mass is 16.3. The molecule has 0 bridgehead atoms. The minimum absolute atomic E-state index is 0.0722. The highest BCUT2D eigenvalue weighted by Gasteiger charge is 2.29. The smallest absolute Gasteiger partial charge is 0.143 e. The van der Waals surface area contributed by atoms with Crippen molar-refractivity contribution in [3.8, 4) is 56.2 Å². The number of furan rings is 1. The van der Waals surface area contributed by atoms with Crippen molar-refractivity contribution in [2.24, 2.45) is 0 Å². The van der Waals surface area contributed by atoms with Crippen molar-refractivity contribution in [2.45, 2.75) is 0 Å². The van der Waals surface area contributed by atoms with E-state index in [-0.39, 0.29) is 11.1 Å². The van der Waals surface area contributed by atoms with E-state index in [9.17, 15) is 12.3 Å². The molecule has 0 aliphatic heterocycles. The van der Waals surface area contributed by atoms with Crippen LogP contribution in [0.15, 0.2) is 210 Å². The maximum absolute atomic E-state index is 9.85. The summed E-state index contributed by atoms with van der Waals surface area (Å²) in [7, 11) is 0. The second kappa shape index (κ2) is 13.4. The van der Waals surface area contributed by atoms with E-state index in [1.807, 2.05) is 24.3 Å². The van der Waals surface area contributed by atoms with Crippen LogP contribution in [0.4, 0.5) is 0 Å². The Morgan fingerprint density at radius 2 is 0.847 bits per heavy atom. The Balaban J connectivity index is 1.38.